The van der Waals surface area contributed by atoms with Crippen molar-refractivity contribution >= 4 is 23.2 Å². The fourth-order valence-corrected chi connectivity index (χ4v) is 1.24. The molecular weight excluding hydrogens is 236 g/mol. The number of halogens is 1. The number of hydrogen-bond donors (Lipinski definition) is 2. The number of pyridine rings is 2. The minimum Gasteiger partial charge on any atom is -0.384 e. The first-order valence-corrected chi connectivity index (χ1v) is 5.42. The van der Waals surface area contributed by atoms with E-state index < -0.39 is 0 Å². The zero-order valence-electron chi connectivity index (χ0n) is 9.81. The van der Waals surface area contributed by atoms with E-state index in [9.17, 15) is 0 Å². The Balaban J connectivity index is 0.000000171. The van der Waals surface area contributed by atoms with Crippen LogP contribution in [0.2, 0.25) is 5.02 Å². The predicted molar refractivity (Wildman–Crippen MR) is 71.8 cm³/mol. The molecule has 0 aliphatic carbocycles. The van der Waals surface area contributed by atoms with Gasteiger partial charge in [0.25, 0.3) is 0 Å². The van der Waals surface area contributed by atoms with Crippen LogP contribution < -0.4 is 11.5 Å². The maximum atomic E-state index is 5.63. The number of aromatic nitrogens is 2. The molecule has 0 spiro atoms. The number of nitrogens with zero attached hydrogens (tertiary/aromatic N) is 2. The fourth-order valence-electron chi connectivity index (χ4n) is 1.02. The molecule has 0 atom stereocenters. The van der Waals surface area contributed by atoms with E-state index in [0.717, 1.165) is 11.1 Å². The molecule has 4 N–H and O–H groups in total. The van der Waals surface area contributed by atoms with Gasteiger partial charge in [-0.05, 0) is 37.1 Å². The number of nitrogens with two attached hydrogens (primary N) is 2. The summed E-state index contributed by atoms with van der Waals surface area (Å²) < 4.78 is 0. The molecule has 17 heavy (non-hydrogen) atoms. The van der Waals surface area contributed by atoms with E-state index in [1.807, 2.05) is 19.9 Å². The third kappa shape index (κ3) is 4.70. The SMILES string of the molecule is Cc1ccc(N)nc1.Cc1cnc(N)c(Cl)c1. The highest BCUT2D eigenvalue weighted by Crippen LogP contribution is 2.15. The largest absolute Gasteiger partial charge is 0.384 e. The lowest BCUT2D eigenvalue weighted by atomic mass is 10.3. The Morgan fingerprint density at radius 1 is 1.00 bits per heavy atom. The van der Waals surface area contributed by atoms with Crippen LogP contribution in [-0.2, 0) is 0 Å². The van der Waals surface area contributed by atoms with Crippen molar-refractivity contribution in [3.8, 4) is 0 Å². The van der Waals surface area contributed by atoms with Gasteiger partial charge in [0, 0.05) is 12.4 Å². The van der Waals surface area contributed by atoms with Crippen LogP contribution in [0.3, 0.4) is 0 Å². The highest BCUT2D eigenvalue weighted by atomic mass is 35.5. The minimum absolute atomic E-state index is 0.391. The molecule has 0 aliphatic rings. The Morgan fingerprint density at radius 3 is 2.06 bits per heavy atom. The molecule has 0 amide bonds. The van der Waals surface area contributed by atoms with E-state index in [1.54, 1.807) is 24.5 Å². The van der Waals surface area contributed by atoms with Crippen LogP contribution in [0, 0.1) is 13.8 Å². The lowest BCUT2D eigenvalue weighted by Gasteiger charge is -1.95. The smallest absolute Gasteiger partial charge is 0.142 e. The van der Waals surface area contributed by atoms with Crippen LogP contribution in [-0.4, -0.2) is 9.97 Å². The van der Waals surface area contributed by atoms with Crippen molar-refractivity contribution < 1.29 is 0 Å². The second kappa shape index (κ2) is 6.06. The number of anilines is 2. The lowest BCUT2D eigenvalue weighted by Crippen LogP contribution is -1.90. The van der Waals surface area contributed by atoms with Crippen LogP contribution in [0.4, 0.5) is 11.6 Å². The Hall–Kier alpha value is -1.81. The summed E-state index contributed by atoms with van der Waals surface area (Å²) in [6.45, 7) is 3.89. The number of nitrogen functional groups attached to an aromatic ring is 2. The van der Waals surface area contributed by atoms with Gasteiger partial charge in [-0.2, -0.15) is 0 Å². The van der Waals surface area contributed by atoms with Gasteiger partial charge in [-0.25, -0.2) is 9.97 Å². The number of aryl methyl sites for hydroxylation is 2. The van der Waals surface area contributed by atoms with Crippen molar-refractivity contribution in [3.63, 3.8) is 0 Å². The summed E-state index contributed by atoms with van der Waals surface area (Å²) in [5, 5.41) is 0.523. The van der Waals surface area contributed by atoms with Crippen LogP contribution in [0.1, 0.15) is 11.1 Å². The highest BCUT2D eigenvalue weighted by molar-refractivity contribution is 6.32. The van der Waals surface area contributed by atoms with Crippen molar-refractivity contribution in [2.75, 3.05) is 11.5 Å². The van der Waals surface area contributed by atoms with Crippen molar-refractivity contribution in [2.45, 2.75) is 13.8 Å². The lowest BCUT2D eigenvalue weighted by molar-refractivity contribution is 1.28. The third-order valence-corrected chi connectivity index (χ3v) is 2.24. The maximum absolute atomic E-state index is 5.63. The summed E-state index contributed by atoms with van der Waals surface area (Å²) in [4.78, 5) is 7.68. The maximum Gasteiger partial charge on any atom is 0.142 e. The molecule has 0 aliphatic heterocycles. The van der Waals surface area contributed by atoms with Gasteiger partial charge in [-0.3, -0.25) is 0 Å². The van der Waals surface area contributed by atoms with Crippen molar-refractivity contribution in [1.29, 1.82) is 0 Å². The molecule has 90 valence electrons. The van der Waals surface area contributed by atoms with Crippen molar-refractivity contribution in [3.05, 3.63) is 46.7 Å². The molecule has 0 aromatic carbocycles. The van der Waals surface area contributed by atoms with Crippen molar-refractivity contribution in [1.82, 2.24) is 9.97 Å². The second-order valence-corrected chi connectivity index (χ2v) is 4.05. The first-order chi connectivity index (χ1) is 7.99. The average molecular weight is 251 g/mol. The van der Waals surface area contributed by atoms with Crippen molar-refractivity contribution in [2.24, 2.45) is 0 Å². The molecule has 0 bridgehead atoms. The molecule has 0 radical (unpaired) electrons. The monoisotopic (exact) mass is 250 g/mol. The normalized spacial score (nSPS) is 9.35. The quantitative estimate of drug-likeness (QED) is 0.753. The van der Waals surface area contributed by atoms with E-state index in [4.69, 9.17) is 23.1 Å². The molecule has 2 heterocycles. The molecule has 0 unspecified atom stereocenters. The van der Waals surface area contributed by atoms with Gasteiger partial charge in [-0.15, -0.1) is 0 Å². The Bertz CT molecular complexity index is 461. The van der Waals surface area contributed by atoms with E-state index in [-0.39, 0.29) is 0 Å². The number of rotatable bonds is 0. The van der Waals surface area contributed by atoms with Crippen LogP contribution in [0.5, 0.6) is 0 Å². The zero-order valence-corrected chi connectivity index (χ0v) is 10.6. The molecular formula is C12H15ClN4. The molecule has 0 saturated carbocycles. The standard InChI is InChI=1S/C6H7ClN2.C6H8N2/c1-4-2-5(7)6(8)9-3-4;1-5-2-3-6(7)8-4-5/h2-3H,1H3,(H2,8,9);2-4H,1H3,(H2,7,8). The first-order valence-electron chi connectivity index (χ1n) is 5.05. The summed E-state index contributed by atoms with van der Waals surface area (Å²) in [5.41, 5.74) is 12.8. The van der Waals surface area contributed by atoms with E-state index >= 15 is 0 Å². The average Bonchev–Trinajstić information content (AvgIpc) is 2.29. The van der Waals surface area contributed by atoms with E-state index in [0.29, 0.717) is 16.7 Å². The van der Waals surface area contributed by atoms with Gasteiger partial charge in [0.1, 0.15) is 11.6 Å². The predicted octanol–water partition coefficient (Wildman–Crippen LogP) is 2.60. The summed E-state index contributed by atoms with van der Waals surface area (Å²) in [5.74, 6) is 0.970. The van der Waals surface area contributed by atoms with Gasteiger partial charge < -0.3 is 11.5 Å². The van der Waals surface area contributed by atoms with E-state index in [1.165, 1.54) is 0 Å². The Labute approximate surface area is 106 Å². The highest BCUT2D eigenvalue weighted by Gasteiger charge is 1.93. The Morgan fingerprint density at radius 2 is 1.65 bits per heavy atom. The van der Waals surface area contributed by atoms with Gasteiger partial charge in [0.05, 0.1) is 5.02 Å². The topological polar surface area (TPSA) is 77.8 Å². The molecule has 2 rings (SSSR count). The van der Waals surface area contributed by atoms with Gasteiger partial charge in [0.2, 0.25) is 0 Å². The fraction of sp³-hybridized carbons (Fsp3) is 0.167. The Kier molecular flexibility index (Phi) is 4.72. The van der Waals surface area contributed by atoms with Crippen LogP contribution >= 0.6 is 11.6 Å². The zero-order chi connectivity index (χ0) is 12.8. The van der Waals surface area contributed by atoms with Crippen LogP contribution in [0.25, 0.3) is 0 Å². The van der Waals surface area contributed by atoms with Gasteiger partial charge in [0.15, 0.2) is 0 Å². The van der Waals surface area contributed by atoms with Crippen LogP contribution in [0.15, 0.2) is 30.6 Å². The molecule has 5 heteroatoms. The van der Waals surface area contributed by atoms with E-state index in [2.05, 4.69) is 9.97 Å². The summed E-state index contributed by atoms with van der Waals surface area (Å²) >= 11 is 5.63. The molecule has 2 aromatic heterocycles. The molecule has 0 saturated heterocycles. The summed E-state index contributed by atoms with van der Waals surface area (Å²) in [7, 11) is 0. The summed E-state index contributed by atoms with van der Waals surface area (Å²) in [6, 6.07) is 5.50. The third-order valence-electron chi connectivity index (χ3n) is 1.94. The van der Waals surface area contributed by atoms with Gasteiger partial charge >= 0.3 is 0 Å². The minimum atomic E-state index is 0.391. The number of hydrogen-bond acceptors (Lipinski definition) is 4. The molecule has 2 aromatic rings. The van der Waals surface area contributed by atoms with Gasteiger partial charge in [-0.1, -0.05) is 17.7 Å². The first kappa shape index (κ1) is 13.3. The summed E-state index contributed by atoms with van der Waals surface area (Å²) in [6.07, 6.45) is 3.43. The second-order valence-electron chi connectivity index (χ2n) is 3.64. The molecule has 0 fully saturated rings. The molecule has 4 nitrogen and oxygen atoms in total.